The summed E-state index contributed by atoms with van der Waals surface area (Å²) in [5.41, 5.74) is 0.747. The minimum Gasteiger partial charge on any atom is -0.346 e. The number of amides is 8. The second kappa shape index (κ2) is 19.2. The molecule has 0 radical (unpaired) electrons. The number of carbonyl (C=O) groups excluding carboxylic acids is 8. The molecular weight excluding hydrogens is 720 g/mol. The second-order valence-corrected chi connectivity index (χ2v) is 15.9. The van der Waals surface area contributed by atoms with Gasteiger partial charge in [0.15, 0.2) is 0 Å². The number of nitrogens with zero attached hydrogens (tertiary/aromatic N) is 3. The first kappa shape index (κ1) is 42.1. The lowest BCUT2D eigenvalue weighted by molar-refractivity contribution is -0.151. The molecule has 5 N–H and O–H groups in total. The summed E-state index contributed by atoms with van der Waals surface area (Å²) in [7, 11) is 0. The summed E-state index contributed by atoms with van der Waals surface area (Å²) in [5.74, 6) is -4.41. The molecule has 5 rings (SSSR count). The second-order valence-electron chi connectivity index (χ2n) is 15.9. The van der Waals surface area contributed by atoms with Crippen LogP contribution in [0.1, 0.15) is 84.6 Å². The summed E-state index contributed by atoms with van der Waals surface area (Å²) in [6.07, 6.45) is 3.82. The van der Waals surface area contributed by atoms with Crippen molar-refractivity contribution in [3.05, 3.63) is 35.9 Å². The third-order valence-corrected chi connectivity index (χ3v) is 11.4. The molecule has 56 heavy (non-hydrogen) atoms. The molecule has 4 aliphatic heterocycles. The van der Waals surface area contributed by atoms with E-state index in [0.717, 1.165) is 5.56 Å². The SMILES string of the molecule is CC[C@H](C)[C@@H]1NC(=O)[C@@H]2CCCN2C(=O)[C@@H]2CCCN2C(=O)[C@@H]2CCCN2C(=O)[C@H](CC(C)C)NC(=O)CNC(=O)CNC(=O)[C@@H](Cc2ccccc2)NC1=O. The molecule has 7 atom stereocenters. The van der Waals surface area contributed by atoms with Crippen molar-refractivity contribution in [2.45, 2.75) is 122 Å². The smallest absolute Gasteiger partial charge is 0.246 e. The van der Waals surface area contributed by atoms with Crippen molar-refractivity contribution < 1.29 is 38.4 Å². The molecule has 0 aliphatic carbocycles. The summed E-state index contributed by atoms with van der Waals surface area (Å²) in [6.45, 7) is 7.51. The Labute approximate surface area is 328 Å². The van der Waals surface area contributed by atoms with E-state index in [2.05, 4.69) is 26.6 Å². The first-order chi connectivity index (χ1) is 26.8. The van der Waals surface area contributed by atoms with Gasteiger partial charge in [-0.2, -0.15) is 0 Å². The van der Waals surface area contributed by atoms with Crippen LogP contribution in [0.3, 0.4) is 0 Å². The maximum atomic E-state index is 14.3. The lowest BCUT2D eigenvalue weighted by Gasteiger charge is -2.35. The number of benzene rings is 1. The summed E-state index contributed by atoms with van der Waals surface area (Å²) < 4.78 is 0. The highest BCUT2D eigenvalue weighted by Gasteiger charge is 2.47. The van der Waals surface area contributed by atoms with Crippen LogP contribution in [0.4, 0.5) is 0 Å². The molecule has 0 spiro atoms. The van der Waals surface area contributed by atoms with E-state index in [1.54, 1.807) is 29.2 Å². The molecule has 4 fully saturated rings. The Kier molecular flexibility index (Phi) is 14.5. The van der Waals surface area contributed by atoms with E-state index in [4.69, 9.17) is 0 Å². The lowest BCUT2D eigenvalue weighted by Crippen LogP contribution is -2.60. The largest absolute Gasteiger partial charge is 0.346 e. The third-order valence-electron chi connectivity index (χ3n) is 11.4. The quantitative estimate of drug-likeness (QED) is 0.265. The number of carbonyl (C=O) groups is 8. The minimum absolute atomic E-state index is 0.00799. The fourth-order valence-electron chi connectivity index (χ4n) is 8.20. The minimum atomic E-state index is -1.12. The van der Waals surface area contributed by atoms with Crippen LogP contribution in [0.5, 0.6) is 0 Å². The highest BCUT2D eigenvalue weighted by Crippen LogP contribution is 2.29. The zero-order valence-corrected chi connectivity index (χ0v) is 33.0. The van der Waals surface area contributed by atoms with Crippen LogP contribution in [-0.4, -0.2) is 131 Å². The monoisotopic (exact) mass is 778 g/mol. The molecular formula is C40H58N8O8. The summed E-state index contributed by atoms with van der Waals surface area (Å²) in [5, 5.41) is 13.5. The maximum Gasteiger partial charge on any atom is 0.246 e. The van der Waals surface area contributed by atoms with Crippen LogP contribution in [-0.2, 0) is 44.8 Å². The van der Waals surface area contributed by atoms with Crippen molar-refractivity contribution in [1.82, 2.24) is 41.3 Å². The van der Waals surface area contributed by atoms with E-state index in [0.29, 0.717) is 71.0 Å². The van der Waals surface area contributed by atoms with Gasteiger partial charge in [0.2, 0.25) is 47.3 Å². The topological polar surface area (TPSA) is 206 Å². The molecule has 306 valence electrons. The van der Waals surface area contributed by atoms with Gasteiger partial charge < -0.3 is 41.3 Å². The van der Waals surface area contributed by atoms with E-state index in [1.165, 1.54) is 9.80 Å². The van der Waals surface area contributed by atoms with Crippen molar-refractivity contribution >= 4 is 47.3 Å². The number of nitrogens with one attached hydrogen (secondary N) is 5. The van der Waals surface area contributed by atoms with E-state index in [9.17, 15) is 38.4 Å². The van der Waals surface area contributed by atoms with Crippen molar-refractivity contribution in [3.63, 3.8) is 0 Å². The van der Waals surface area contributed by atoms with E-state index < -0.39 is 84.8 Å². The van der Waals surface area contributed by atoms with Gasteiger partial charge in [-0.25, -0.2) is 0 Å². The van der Waals surface area contributed by atoms with Gasteiger partial charge in [0, 0.05) is 26.1 Å². The summed E-state index contributed by atoms with van der Waals surface area (Å²) in [4.78, 5) is 115. The van der Waals surface area contributed by atoms with E-state index in [-0.39, 0.29) is 30.1 Å². The summed E-state index contributed by atoms with van der Waals surface area (Å²) >= 11 is 0. The van der Waals surface area contributed by atoms with Crippen molar-refractivity contribution in [1.29, 1.82) is 0 Å². The Hall–Kier alpha value is -5.02. The Morgan fingerprint density at radius 1 is 0.607 bits per heavy atom. The van der Waals surface area contributed by atoms with Gasteiger partial charge in [-0.3, -0.25) is 38.4 Å². The van der Waals surface area contributed by atoms with Gasteiger partial charge in [0.05, 0.1) is 13.1 Å². The average Bonchev–Trinajstić information content (AvgIpc) is 3.98. The highest BCUT2D eigenvalue weighted by molar-refractivity contribution is 5.98. The third kappa shape index (κ3) is 10.2. The molecule has 16 heteroatoms. The molecule has 0 unspecified atom stereocenters. The predicted octanol–water partition coefficient (Wildman–Crippen LogP) is -0.00530. The Balaban J connectivity index is 1.45. The fraction of sp³-hybridized carbons (Fsp3) is 0.650. The normalized spacial score (nSPS) is 28.4. The van der Waals surface area contributed by atoms with Crippen LogP contribution in [0.2, 0.25) is 0 Å². The van der Waals surface area contributed by atoms with Crippen molar-refractivity contribution in [3.8, 4) is 0 Å². The summed E-state index contributed by atoms with van der Waals surface area (Å²) in [6, 6.07) is 3.42. The molecule has 4 aliphatic rings. The van der Waals surface area contributed by atoms with E-state index >= 15 is 0 Å². The van der Waals surface area contributed by atoms with Gasteiger partial charge in [-0.05, 0) is 62.3 Å². The van der Waals surface area contributed by atoms with Gasteiger partial charge in [0.25, 0.3) is 0 Å². The number of fused-ring (bicyclic) bond motifs is 3. The first-order valence-electron chi connectivity index (χ1n) is 20.2. The Bertz CT molecular complexity index is 1640. The van der Waals surface area contributed by atoms with Gasteiger partial charge >= 0.3 is 0 Å². The number of hydrogen-bond donors (Lipinski definition) is 5. The van der Waals surface area contributed by atoms with E-state index in [1.807, 2.05) is 33.8 Å². The maximum absolute atomic E-state index is 14.3. The average molecular weight is 779 g/mol. The van der Waals surface area contributed by atoms with Gasteiger partial charge in [0.1, 0.15) is 36.3 Å². The van der Waals surface area contributed by atoms with Gasteiger partial charge in [-0.1, -0.05) is 64.4 Å². The van der Waals surface area contributed by atoms with Crippen LogP contribution < -0.4 is 26.6 Å². The standard InChI is InChI=1S/C40H58N8O8/c1-5-25(4)34-37(53)44-27(21-26-12-7-6-8-13-26)35(51)42-22-32(49)41-23-33(50)43-28(20-24(2)3)38(54)47-18-10-15-30(47)40(56)48-19-11-16-31(48)39(55)46-17-9-14-29(46)36(52)45-34/h6-8,12-13,24-25,27-31,34H,5,9-11,14-23H2,1-4H3,(H,41,49)(H,42,51)(H,43,50)(H,44,53)(H,45,52)/t25-,27+,28-,29-,30-,31-,34-/m0/s1. The molecule has 0 saturated carbocycles. The molecule has 0 aromatic heterocycles. The van der Waals surface area contributed by atoms with Crippen LogP contribution in [0.25, 0.3) is 0 Å². The van der Waals surface area contributed by atoms with Crippen LogP contribution >= 0.6 is 0 Å². The molecule has 8 amide bonds. The molecule has 1 aromatic rings. The molecule has 1 aromatic carbocycles. The Morgan fingerprint density at radius 2 is 1.16 bits per heavy atom. The lowest BCUT2D eigenvalue weighted by atomic mass is 9.96. The van der Waals surface area contributed by atoms with Crippen molar-refractivity contribution in [2.75, 3.05) is 32.7 Å². The first-order valence-corrected chi connectivity index (χ1v) is 20.2. The van der Waals surface area contributed by atoms with Crippen LogP contribution in [0.15, 0.2) is 30.3 Å². The molecule has 0 bridgehead atoms. The zero-order chi connectivity index (χ0) is 40.5. The Morgan fingerprint density at radius 3 is 1.75 bits per heavy atom. The zero-order valence-electron chi connectivity index (χ0n) is 33.0. The highest BCUT2D eigenvalue weighted by atomic mass is 16.2. The van der Waals surface area contributed by atoms with Gasteiger partial charge in [-0.15, -0.1) is 0 Å². The fourth-order valence-corrected chi connectivity index (χ4v) is 8.20. The number of hydrogen-bond acceptors (Lipinski definition) is 8. The van der Waals surface area contributed by atoms with Crippen molar-refractivity contribution in [2.24, 2.45) is 11.8 Å². The number of rotatable bonds is 6. The predicted molar refractivity (Wildman–Crippen MR) is 205 cm³/mol. The molecule has 4 heterocycles. The van der Waals surface area contributed by atoms with Crippen LogP contribution in [0, 0.1) is 11.8 Å². The molecule has 4 saturated heterocycles. The molecule has 16 nitrogen and oxygen atoms in total.